The van der Waals surface area contributed by atoms with E-state index in [0.29, 0.717) is 31.3 Å². The molecule has 1 heterocycles. The molecule has 1 saturated heterocycles. The van der Waals surface area contributed by atoms with Crippen molar-refractivity contribution >= 4 is 11.8 Å². The third-order valence-corrected chi connectivity index (χ3v) is 5.49. The predicted octanol–water partition coefficient (Wildman–Crippen LogP) is 3.11. The number of amides is 2. The van der Waals surface area contributed by atoms with E-state index in [1.165, 1.54) is 12.8 Å². The lowest BCUT2D eigenvalue weighted by Gasteiger charge is -2.37. The Morgan fingerprint density at radius 1 is 1.32 bits per heavy atom. The molecule has 1 aliphatic carbocycles. The molecule has 4 heteroatoms. The molecule has 22 heavy (non-hydrogen) atoms. The van der Waals surface area contributed by atoms with Crippen LogP contribution in [0.1, 0.15) is 72.6 Å². The monoisotopic (exact) mass is 308 g/mol. The number of carbonyl (C=O) groups is 2. The predicted molar refractivity (Wildman–Crippen MR) is 88.4 cm³/mol. The van der Waals surface area contributed by atoms with Crippen molar-refractivity contribution in [1.82, 2.24) is 10.2 Å². The van der Waals surface area contributed by atoms with E-state index in [0.717, 1.165) is 25.2 Å². The maximum atomic E-state index is 12.8. The van der Waals surface area contributed by atoms with Crippen LogP contribution in [0.5, 0.6) is 0 Å². The highest BCUT2D eigenvalue weighted by Crippen LogP contribution is 2.32. The van der Waals surface area contributed by atoms with E-state index in [4.69, 9.17) is 0 Å². The summed E-state index contributed by atoms with van der Waals surface area (Å²) in [5.74, 6) is 1.51. The van der Waals surface area contributed by atoms with Gasteiger partial charge in [-0.15, -0.1) is 0 Å². The average molecular weight is 308 g/mol. The third-order valence-electron chi connectivity index (χ3n) is 5.49. The molecule has 0 aromatic carbocycles. The first-order valence-electron chi connectivity index (χ1n) is 8.94. The molecule has 1 atom stereocenters. The molecule has 2 aliphatic rings. The van der Waals surface area contributed by atoms with Crippen molar-refractivity contribution in [2.75, 3.05) is 6.54 Å². The van der Waals surface area contributed by atoms with Crippen LogP contribution in [0.2, 0.25) is 0 Å². The van der Waals surface area contributed by atoms with Crippen LogP contribution >= 0.6 is 0 Å². The van der Waals surface area contributed by atoms with Crippen molar-refractivity contribution in [3.05, 3.63) is 0 Å². The summed E-state index contributed by atoms with van der Waals surface area (Å²) in [6, 6.07) is 0.295. The van der Waals surface area contributed by atoms with E-state index in [2.05, 4.69) is 26.1 Å². The third kappa shape index (κ3) is 3.82. The van der Waals surface area contributed by atoms with Gasteiger partial charge in [-0.3, -0.25) is 9.59 Å². The molecule has 1 aliphatic heterocycles. The highest BCUT2D eigenvalue weighted by atomic mass is 16.2. The topological polar surface area (TPSA) is 49.4 Å². The molecule has 0 aromatic heterocycles. The molecular formula is C18H32N2O2. The van der Waals surface area contributed by atoms with Gasteiger partial charge >= 0.3 is 0 Å². The van der Waals surface area contributed by atoms with Crippen LogP contribution in [0.25, 0.3) is 0 Å². The first-order chi connectivity index (χ1) is 10.3. The van der Waals surface area contributed by atoms with Crippen LogP contribution in [-0.2, 0) is 9.59 Å². The van der Waals surface area contributed by atoms with Gasteiger partial charge in [-0.05, 0) is 57.3 Å². The molecule has 0 bridgehead atoms. The summed E-state index contributed by atoms with van der Waals surface area (Å²) in [6.45, 7) is 9.23. The fourth-order valence-corrected chi connectivity index (χ4v) is 3.64. The first kappa shape index (κ1) is 17.3. The Hall–Kier alpha value is -1.06. The maximum Gasteiger partial charge on any atom is 0.245 e. The Labute approximate surface area is 135 Å². The van der Waals surface area contributed by atoms with Gasteiger partial charge in [-0.2, -0.15) is 0 Å². The van der Waals surface area contributed by atoms with Crippen LogP contribution in [0.4, 0.5) is 0 Å². The summed E-state index contributed by atoms with van der Waals surface area (Å²) < 4.78 is 0. The van der Waals surface area contributed by atoms with Crippen LogP contribution in [0.15, 0.2) is 0 Å². The van der Waals surface area contributed by atoms with Gasteiger partial charge < -0.3 is 10.2 Å². The number of carbonyl (C=O) groups excluding carboxylic acids is 2. The molecule has 126 valence electrons. The molecular weight excluding hydrogens is 276 g/mol. The van der Waals surface area contributed by atoms with Crippen molar-refractivity contribution in [2.45, 2.75) is 84.2 Å². The largest absolute Gasteiger partial charge is 0.351 e. The Morgan fingerprint density at radius 3 is 2.55 bits per heavy atom. The fraction of sp³-hybridized carbons (Fsp3) is 0.889. The standard InChI is InChI=1S/C18H32N2O2/c1-13(2)10-12-20-16(21)9-11-18(20,4)17(22)19-15-7-5-14(3)6-8-15/h13-15H,5-12H2,1-4H3,(H,19,22). The number of rotatable bonds is 5. The lowest BCUT2D eigenvalue weighted by molar-refractivity contribution is -0.141. The van der Waals surface area contributed by atoms with E-state index in [1.807, 2.05) is 11.8 Å². The molecule has 1 unspecified atom stereocenters. The maximum absolute atomic E-state index is 12.8. The van der Waals surface area contributed by atoms with Crippen molar-refractivity contribution in [2.24, 2.45) is 11.8 Å². The van der Waals surface area contributed by atoms with E-state index in [1.54, 1.807) is 0 Å². The number of nitrogens with zero attached hydrogens (tertiary/aromatic N) is 1. The molecule has 0 spiro atoms. The second-order valence-electron chi connectivity index (χ2n) is 7.93. The molecule has 2 amide bonds. The lowest BCUT2D eigenvalue weighted by atomic mass is 9.86. The highest BCUT2D eigenvalue weighted by Gasteiger charge is 2.47. The number of nitrogens with one attached hydrogen (secondary N) is 1. The number of hydrogen-bond acceptors (Lipinski definition) is 2. The quantitative estimate of drug-likeness (QED) is 0.848. The summed E-state index contributed by atoms with van der Waals surface area (Å²) in [6.07, 6.45) is 6.64. The molecule has 2 fully saturated rings. The summed E-state index contributed by atoms with van der Waals surface area (Å²) in [5, 5.41) is 3.23. The molecule has 0 radical (unpaired) electrons. The summed E-state index contributed by atoms with van der Waals surface area (Å²) in [4.78, 5) is 26.8. The minimum absolute atomic E-state index is 0.0571. The zero-order valence-corrected chi connectivity index (χ0v) is 14.7. The fourth-order valence-electron chi connectivity index (χ4n) is 3.64. The van der Waals surface area contributed by atoms with Gasteiger partial charge in [0.15, 0.2) is 0 Å². The highest BCUT2D eigenvalue weighted by molar-refractivity contribution is 5.94. The summed E-state index contributed by atoms with van der Waals surface area (Å²) in [5.41, 5.74) is -0.644. The zero-order valence-electron chi connectivity index (χ0n) is 14.7. The van der Waals surface area contributed by atoms with E-state index in [9.17, 15) is 9.59 Å². The molecule has 2 rings (SSSR count). The minimum atomic E-state index is -0.644. The van der Waals surface area contributed by atoms with Gasteiger partial charge in [-0.25, -0.2) is 0 Å². The SMILES string of the molecule is CC(C)CCN1C(=O)CCC1(C)C(=O)NC1CCC(C)CC1. The molecule has 0 aromatic rings. The van der Waals surface area contributed by atoms with Gasteiger partial charge in [-0.1, -0.05) is 20.8 Å². The Morgan fingerprint density at radius 2 is 1.95 bits per heavy atom. The Bertz CT molecular complexity index is 413. The van der Waals surface area contributed by atoms with Crippen LogP contribution < -0.4 is 5.32 Å². The smallest absolute Gasteiger partial charge is 0.245 e. The van der Waals surface area contributed by atoms with E-state index >= 15 is 0 Å². The number of likely N-dealkylation sites (tertiary alicyclic amines) is 1. The Balaban J connectivity index is 1.97. The van der Waals surface area contributed by atoms with Crippen LogP contribution in [-0.4, -0.2) is 34.8 Å². The van der Waals surface area contributed by atoms with Gasteiger partial charge in [0.1, 0.15) is 5.54 Å². The Kier molecular flexibility index (Phi) is 5.51. The van der Waals surface area contributed by atoms with Gasteiger partial charge in [0.25, 0.3) is 0 Å². The molecule has 1 saturated carbocycles. The van der Waals surface area contributed by atoms with Gasteiger partial charge in [0, 0.05) is 19.0 Å². The normalized spacial score (nSPS) is 32.6. The van der Waals surface area contributed by atoms with Crippen LogP contribution in [0.3, 0.4) is 0 Å². The summed E-state index contributed by atoms with van der Waals surface area (Å²) in [7, 11) is 0. The molecule has 1 N–H and O–H groups in total. The molecule has 4 nitrogen and oxygen atoms in total. The van der Waals surface area contributed by atoms with E-state index < -0.39 is 5.54 Å². The van der Waals surface area contributed by atoms with Crippen LogP contribution in [0, 0.1) is 11.8 Å². The minimum Gasteiger partial charge on any atom is -0.351 e. The van der Waals surface area contributed by atoms with Crippen molar-refractivity contribution in [3.63, 3.8) is 0 Å². The second-order valence-corrected chi connectivity index (χ2v) is 7.93. The van der Waals surface area contributed by atoms with Gasteiger partial charge in [0.05, 0.1) is 0 Å². The average Bonchev–Trinajstić information content (AvgIpc) is 2.76. The second kappa shape index (κ2) is 7.01. The first-order valence-corrected chi connectivity index (χ1v) is 8.94. The lowest BCUT2D eigenvalue weighted by Crippen LogP contribution is -2.57. The zero-order chi connectivity index (χ0) is 16.3. The van der Waals surface area contributed by atoms with Crippen molar-refractivity contribution < 1.29 is 9.59 Å². The number of hydrogen-bond donors (Lipinski definition) is 1. The summed E-state index contributed by atoms with van der Waals surface area (Å²) >= 11 is 0. The van der Waals surface area contributed by atoms with Crippen molar-refractivity contribution in [3.8, 4) is 0 Å². The van der Waals surface area contributed by atoms with Gasteiger partial charge in [0.2, 0.25) is 11.8 Å². The van der Waals surface area contributed by atoms with Crippen molar-refractivity contribution in [1.29, 1.82) is 0 Å². The van der Waals surface area contributed by atoms with E-state index in [-0.39, 0.29) is 11.8 Å².